The van der Waals surface area contributed by atoms with Gasteiger partial charge in [-0.15, -0.1) is 0 Å². The predicted octanol–water partition coefficient (Wildman–Crippen LogP) is 3.52. The Kier molecular flexibility index (Phi) is 5.44. The van der Waals surface area contributed by atoms with Crippen LogP contribution in [0.1, 0.15) is 53.8 Å². The van der Waals surface area contributed by atoms with Crippen LogP contribution in [0.15, 0.2) is 42.7 Å². The van der Waals surface area contributed by atoms with Crippen LogP contribution in [0.4, 0.5) is 0 Å². The Labute approximate surface area is 167 Å². The Morgan fingerprint density at radius 3 is 2.46 bits per heavy atom. The van der Waals surface area contributed by atoms with E-state index in [1.54, 1.807) is 12.4 Å². The van der Waals surface area contributed by atoms with Crippen LogP contribution < -0.4 is 0 Å². The summed E-state index contributed by atoms with van der Waals surface area (Å²) in [5, 5.41) is 0. The molecule has 1 atom stereocenters. The van der Waals surface area contributed by atoms with Gasteiger partial charge in [-0.05, 0) is 49.6 Å². The van der Waals surface area contributed by atoms with Gasteiger partial charge in [-0.2, -0.15) is 0 Å². The summed E-state index contributed by atoms with van der Waals surface area (Å²) in [6.45, 7) is 9.14. The molecular weight excluding hydrogens is 348 g/mol. The minimum Gasteiger partial charge on any atom is -0.339 e. The molecule has 0 radical (unpaired) electrons. The molecule has 3 heterocycles. The summed E-state index contributed by atoms with van der Waals surface area (Å²) in [4.78, 5) is 25.8. The van der Waals surface area contributed by atoms with Gasteiger partial charge in [0.15, 0.2) is 0 Å². The smallest absolute Gasteiger partial charge is 0.256 e. The van der Waals surface area contributed by atoms with Gasteiger partial charge >= 0.3 is 0 Å². The number of aromatic nitrogens is 2. The number of hydrogen-bond acceptors (Lipinski definition) is 4. The molecule has 2 saturated heterocycles. The fourth-order valence-corrected chi connectivity index (χ4v) is 4.92. The number of piperidine rings is 2. The van der Waals surface area contributed by atoms with E-state index >= 15 is 0 Å². The van der Waals surface area contributed by atoms with Crippen molar-refractivity contribution < 1.29 is 4.79 Å². The zero-order valence-electron chi connectivity index (χ0n) is 17.0. The van der Waals surface area contributed by atoms with Crippen LogP contribution in [0, 0.1) is 12.3 Å². The Morgan fingerprint density at radius 1 is 1.14 bits per heavy atom. The summed E-state index contributed by atoms with van der Waals surface area (Å²) in [6.07, 6.45) is 6.68. The number of hydrogen-bond donors (Lipinski definition) is 0. The van der Waals surface area contributed by atoms with E-state index in [1.807, 2.05) is 11.8 Å². The lowest BCUT2D eigenvalue weighted by atomic mass is 9.68. The number of aryl methyl sites for hydroxylation is 1. The van der Waals surface area contributed by atoms with E-state index < -0.39 is 0 Å². The fraction of sp³-hybridized carbons (Fsp3) is 0.522. The average molecular weight is 379 g/mol. The number of likely N-dealkylation sites (N-methyl/N-ethyl adjacent to an activating group) is 1. The maximum absolute atomic E-state index is 12.8. The van der Waals surface area contributed by atoms with Crippen LogP contribution >= 0.6 is 0 Å². The lowest BCUT2D eigenvalue weighted by Crippen LogP contribution is -2.52. The third-order valence-corrected chi connectivity index (χ3v) is 6.57. The molecule has 0 aliphatic carbocycles. The normalized spacial score (nSPS) is 22.4. The number of rotatable bonds is 3. The van der Waals surface area contributed by atoms with Crippen molar-refractivity contribution >= 4 is 5.91 Å². The number of carbonyl (C=O) groups excluding carboxylic acids is 1. The SMILES string of the molecule is CCN1C[C@H](c2ccccc2)CC2(CCN(C(=O)c3cnc(C)nc3)CC2)C1. The second-order valence-electron chi connectivity index (χ2n) is 8.45. The second kappa shape index (κ2) is 8.00. The Morgan fingerprint density at radius 2 is 1.82 bits per heavy atom. The number of amides is 1. The van der Waals surface area contributed by atoms with Gasteiger partial charge in [0.05, 0.1) is 5.56 Å². The summed E-state index contributed by atoms with van der Waals surface area (Å²) in [5.41, 5.74) is 2.37. The molecule has 148 valence electrons. The third-order valence-electron chi connectivity index (χ3n) is 6.57. The van der Waals surface area contributed by atoms with Crippen molar-refractivity contribution in [2.24, 2.45) is 5.41 Å². The molecule has 2 aromatic rings. The first-order valence-corrected chi connectivity index (χ1v) is 10.4. The van der Waals surface area contributed by atoms with Crippen molar-refractivity contribution in [1.29, 1.82) is 0 Å². The fourth-order valence-electron chi connectivity index (χ4n) is 4.92. The van der Waals surface area contributed by atoms with Crippen LogP contribution in [-0.4, -0.2) is 58.4 Å². The van der Waals surface area contributed by atoms with E-state index in [2.05, 4.69) is 52.1 Å². The summed E-state index contributed by atoms with van der Waals surface area (Å²) in [7, 11) is 0. The van der Waals surface area contributed by atoms with Gasteiger partial charge in [-0.3, -0.25) is 4.79 Å². The van der Waals surface area contributed by atoms with Gasteiger partial charge in [-0.25, -0.2) is 9.97 Å². The minimum absolute atomic E-state index is 0.0672. The Balaban J connectivity index is 1.45. The van der Waals surface area contributed by atoms with Crippen LogP contribution in [0.3, 0.4) is 0 Å². The zero-order chi connectivity index (χ0) is 19.6. The lowest BCUT2D eigenvalue weighted by molar-refractivity contribution is 0.0158. The molecule has 2 aliphatic heterocycles. The molecule has 4 rings (SSSR count). The molecule has 0 unspecified atom stereocenters. The van der Waals surface area contributed by atoms with Crippen LogP contribution in [-0.2, 0) is 0 Å². The van der Waals surface area contributed by atoms with Crippen LogP contribution in [0.25, 0.3) is 0 Å². The molecule has 1 aromatic carbocycles. The summed E-state index contributed by atoms with van der Waals surface area (Å²) in [5.74, 6) is 1.35. The van der Waals surface area contributed by atoms with E-state index in [1.165, 1.54) is 12.0 Å². The van der Waals surface area contributed by atoms with Gasteiger partial charge in [0.2, 0.25) is 0 Å². The van der Waals surface area contributed by atoms with E-state index in [0.29, 0.717) is 22.7 Å². The van der Waals surface area contributed by atoms with Crippen molar-refractivity contribution in [1.82, 2.24) is 19.8 Å². The topological polar surface area (TPSA) is 49.3 Å². The molecule has 28 heavy (non-hydrogen) atoms. The number of benzene rings is 1. The molecule has 2 fully saturated rings. The van der Waals surface area contributed by atoms with Gasteiger partial charge in [0.25, 0.3) is 5.91 Å². The molecule has 5 nitrogen and oxygen atoms in total. The van der Waals surface area contributed by atoms with Crippen molar-refractivity contribution in [3.05, 3.63) is 59.7 Å². The number of carbonyl (C=O) groups is 1. The van der Waals surface area contributed by atoms with Crippen molar-refractivity contribution in [2.45, 2.75) is 39.0 Å². The number of likely N-dealkylation sites (tertiary alicyclic amines) is 2. The van der Waals surface area contributed by atoms with E-state index in [0.717, 1.165) is 45.6 Å². The molecule has 5 heteroatoms. The minimum atomic E-state index is 0.0672. The van der Waals surface area contributed by atoms with Gasteiger partial charge in [0.1, 0.15) is 5.82 Å². The highest BCUT2D eigenvalue weighted by molar-refractivity contribution is 5.93. The molecular formula is C23H30N4O. The van der Waals surface area contributed by atoms with Crippen molar-refractivity contribution in [3.63, 3.8) is 0 Å². The Bertz CT molecular complexity index is 797. The number of nitrogens with zero attached hydrogens (tertiary/aromatic N) is 4. The maximum atomic E-state index is 12.8. The second-order valence-corrected chi connectivity index (χ2v) is 8.45. The summed E-state index contributed by atoms with van der Waals surface area (Å²) >= 11 is 0. The monoisotopic (exact) mass is 378 g/mol. The van der Waals surface area contributed by atoms with Gasteiger partial charge in [-0.1, -0.05) is 37.3 Å². The highest BCUT2D eigenvalue weighted by atomic mass is 16.2. The van der Waals surface area contributed by atoms with E-state index in [-0.39, 0.29) is 5.91 Å². The standard InChI is InChI=1S/C23H30N4O/c1-3-26-16-20(19-7-5-4-6-8-19)13-23(17-26)9-11-27(12-10-23)22(28)21-14-24-18(2)25-15-21/h4-8,14-15,20H,3,9-13,16-17H2,1-2H3/t20-/m1/s1. The maximum Gasteiger partial charge on any atom is 0.256 e. The zero-order valence-corrected chi connectivity index (χ0v) is 17.0. The highest BCUT2D eigenvalue weighted by Crippen LogP contribution is 2.45. The first-order valence-electron chi connectivity index (χ1n) is 10.4. The molecule has 1 spiro atoms. The van der Waals surface area contributed by atoms with E-state index in [4.69, 9.17) is 0 Å². The lowest BCUT2D eigenvalue weighted by Gasteiger charge is -2.50. The summed E-state index contributed by atoms with van der Waals surface area (Å²) in [6, 6.07) is 10.9. The van der Waals surface area contributed by atoms with Crippen molar-refractivity contribution in [2.75, 3.05) is 32.7 Å². The quantitative estimate of drug-likeness (QED) is 0.820. The largest absolute Gasteiger partial charge is 0.339 e. The van der Waals surface area contributed by atoms with Crippen molar-refractivity contribution in [3.8, 4) is 0 Å². The molecule has 1 amide bonds. The van der Waals surface area contributed by atoms with Gasteiger partial charge < -0.3 is 9.80 Å². The third kappa shape index (κ3) is 3.95. The first-order chi connectivity index (χ1) is 13.6. The van der Waals surface area contributed by atoms with Crippen LogP contribution in [0.2, 0.25) is 0 Å². The molecule has 0 bridgehead atoms. The molecule has 2 aliphatic rings. The predicted molar refractivity (Wildman–Crippen MR) is 110 cm³/mol. The Hall–Kier alpha value is -2.27. The van der Waals surface area contributed by atoms with Gasteiger partial charge in [0, 0.05) is 38.6 Å². The molecule has 0 N–H and O–H groups in total. The molecule has 1 aromatic heterocycles. The highest BCUT2D eigenvalue weighted by Gasteiger charge is 2.42. The first kappa shape index (κ1) is 19.1. The average Bonchev–Trinajstić information content (AvgIpc) is 2.74. The summed E-state index contributed by atoms with van der Waals surface area (Å²) < 4.78 is 0. The molecule has 0 saturated carbocycles. The van der Waals surface area contributed by atoms with Crippen LogP contribution in [0.5, 0.6) is 0 Å². The van der Waals surface area contributed by atoms with E-state index in [9.17, 15) is 4.79 Å².